The average Bonchev–Trinajstić information content (AvgIpc) is 2.86. The second kappa shape index (κ2) is 4.00. The Morgan fingerprint density at radius 2 is 2.06 bits per heavy atom. The van der Waals surface area contributed by atoms with Gasteiger partial charge in [0, 0.05) is 6.42 Å². The van der Waals surface area contributed by atoms with Crippen LogP contribution in [0.15, 0.2) is 18.2 Å². The Morgan fingerprint density at radius 3 is 2.56 bits per heavy atom. The molecule has 5 heteroatoms. The van der Waals surface area contributed by atoms with Crippen molar-refractivity contribution in [1.29, 1.82) is 0 Å². The number of nitrogens with zero attached hydrogens (tertiary/aromatic N) is 1. The molecule has 3 nitrogen and oxygen atoms in total. The molecule has 1 unspecified atom stereocenters. The Bertz CT molecular complexity index is 480. The first-order valence-electron chi connectivity index (χ1n) is 5.77. The molecule has 0 bridgehead atoms. The molecule has 0 aliphatic heterocycles. The largest absolute Gasteiger partial charge is 0.455 e. The van der Waals surface area contributed by atoms with E-state index in [0.29, 0.717) is 0 Å². The van der Waals surface area contributed by atoms with Crippen LogP contribution in [0.5, 0.6) is 0 Å². The van der Waals surface area contributed by atoms with Crippen molar-refractivity contribution in [3.05, 3.63) is 29.6 Å². The number of rotatable bonds is 2. The molecule has 18 heavy (non-hydrogen) atoms. The van der Waals surface area contributed by atoms with Crippen LogP contribution in [-0.4, -0.2) is 22.5 Å². The highest BCUT2D eigenvalue weighted by Gasteiger charge is 2.58. The number of hydrogen-bond acceptors (Lipinski definition) is 3. The molecule has 0 spiro atoms. The molecule has 1 saturated carbocycles. The third-order valence-electron chi connectivity index (χ3n) is 2.56. The Hall–Kier alpha value is -1.52. The Kier molecular flexibility index (Phi) is 2.87. The molecule has 1 aromatic heterocycles. The van der Waals surface area contributed by atoms with E-state index in [-0.39, 0.29) is 17.8 Å². The van der Waals surface area contributed by atoms with E-state index in [1.807, 2.05) is 0 Å². The predicted molar refractivity (Wildman–Crippen MR) is 61.7 cm³/mol. The van der Waals surface area contributed by atoms with Crippen LogP contribution in [-0.2, 0) is 4.74 Å². The third kappa shape index (κ3) is 2.83. The molecule has 1 aliphatic rings. The molecule has 0 radical (unpaired) electrons. The minimum atomic E-state index is -2.68. The van der Waals surface area contributed by atoms with Crippen LogP contribution in [0, 0.1) is 0 Å². The minimum absolute atomic E-state index is 0.0742. The molecular weight excluding hydrogens is 240 g/mol. The number of hydrogen-bond donors (Lipinski definition) is 0. The fourth-order valence-electron chi connectivity index (χ4n) is 1.62. The van der Waals surface area contributed by atoms with Gasteiger partial charge in [0.1, 0.15) is 11.3 Å². The van der Waals surface area contributed by atoms with Crippen LogP contribution < -0.4 is 0 Å². The molecular formula is C13H15F2NO2. The SMILES string of the molecule is CC(C)(C)OC(=O)c1cccc(C2CC2(F)F)n1. The van der Waals surface area contributed by atoms with E-state index in [4.69, 9.17) is 4.74 Å². The van der Waals surface area contributed by atoms with Gasteiger partial charge in [0.25, 0.3) is 5.92 Å². The number of ether oxygens (including phenoxy) is 1. The van der Waals surface area contributed by atoms with Gasteiger partial charge in [-0.1, -0.05) is 6.07 Å². The summed E-state index contributed by atoms with van der Waals surface area (Å²) in [7, 11) is 0. The molecule has 98 valence electrons. The summed E-state index contributed by atoms with van der Waals surface area (Å²) in [4.78, 5) is 15.7. The number of aromatic nitrogens is 1. The number of alkyl halides is 2. The van der Waals surface area contributed by atoms with Gasteiger partial charge >= 0.3 is 5.97 Å². The van der Waals surface area contributed by atoms with E-state index >= 15 is 0 Å². The summed E-state index contributed by atoms with van der Waals surface area (Å²) >= 11 is 0. The first kappa shape index (κ1) is 12.9. The summed E-state index contributed by atoms with van der Waals surface area (Å²) < 4.78 is 31.0. The lowest BCUT2D eigenvalue weighted by atomic mass is 10.2. The van der Waals surface area contributed by atoms with Crippen LogP contribution in [0.4, 0.5) is 8.78 Å². The molecule has 0 saturated heterocycles. The summed E-state index contributed by atoms with van der Waals surface area (Å²) in [6, 6.07) is 4.54. The predicted octanol–water partition coefficient (Wildman–Crippen LogP) is 3.16. The zero-order valence-electron chi connectivity index (χ0n) is 10.5. The molecule has 2 rings (SSSR count). The topological polar surface area (TPSA) is 39.2 Å². The van der Waals surface area contributed by atoms with Crippen LogP contribution in [0.1, 0.15) is 49.3 Å². The molecule has 0 aromatic carbocycles. The van der Waals surface area contributed by atoms with Gasteiger partial charge in [-0.15, -0.1) is 0 Å². The second-order valence-corrected chi connectivity index (χ2v) is 5.47. The van der Waals surface area contributed by atoms with E-state index in [9.17, 15) is 13.6 Å². The van der Waals surface area contributed by atoms with Gasteiger partial charge in [-0.05, 0) is 32.9 Å². The van der Waals surface area contributed by atoms with Crippen molar-refractivity contribution >= 4 is 5.97 Å². The lowest BCUT2D eigenvalue weighted by Crippen LogP contribution is -2.24. The van der Waals surface area contributed by atoms with Crippen molar-refractivity contribution in [3.8, 4) is 0 Å². The fraction of sp³-hybridized carbons (Fsp3) is 0.538. The maximum absolute atomic E-state index is 12.9. The monoisotopic (exact) mass is 255 g/mol. The van der Waals surface area contributed by atoms with Gasteiger partial charge < -0.3 is 4.74 Å². The van der Waals surface area contributed by atoms with Gasteiger partial charge in [-0.3, -0.25) is 0 Å². The van der Waals surface area contributed by atoms with Gasteiger partial charge in [0.05, 0.1) is 11.6 Å². The standard InChI is InChI=1S/C13H15F2NO2/c1-12(2,3)18-11(17)10-6-4-5-9(16-10)8-7-13(8,14)15/h4-6,8H,7H2,1-3H3. The Labute approximate surface area is 104 Å². The van der Waals surface area contributed by atoms with Crippen molar-refractivity contribution in [3.63, 3.8) is 0 Å². The fourth-order valence-corrected chi connectivity index (χ4v) is 1.62. The first-order chi connectivity index (χ1) is 8.19. The van der Waals surface area contributed by atoms with E-state index in [1.165, 1.54) is 12.1 Å². The number of esters is 1. The molecule has 1 heterocycles. The van der Waals surface area contributed by atoms with Gasteiger partial charge in [-0.2, -0.15) is 0 Å². The molecule has 1 aromatic rings. The maximum atomic E-state index is 12.9. The lowest BCUT2D eigenvalue weighted by molar-refractivity contribution is 0.00620. The second-order valence-electron chi connectivity index (χ2n) is 5.47. The summed E-state index contributed by atoms with van der Waals surface area (Å²) in [5.41, 5.74) is -0.299. The zero-order chi connectivity index (χ0) is 13.6. The minimum Gasteiger partial charge on any atom is -0.455 e. The summed E-state index contributed by atoms with van der Waals surface area (Å²) in [6.45, 7) is 5.22. The molecule has 1 aliphatic carbocycles. The molecule has 1 atom stereocenters. The average molecular weight is 255 g/mol. The summed E-state index contributed by atoms with van der Waals surface area (Å²) in [6.07, 6.45) is -0.197. The van der Waals surface area contributed by atoms with E-state index in [1.54, 1.807) is 26.8 Å². The van der Waals surface area contributed by atoms with Crippen molar-refractivity contribution < 1.29 is 18.3 Å². The number of pyridine rings is 1. The van der Waals surface area contributed by atoms with E-state index in [0.717, 1.165) is 0 Å². The van der Waals surface area contributed by atoms with Gasteiger partial charge in [-0.25, -0.2) is 18.6 Å². The van der Waals surface area contributed by atoms with E-state index < -0.39 is 23.4 Å². The summed E-state index contributed by atoms with van der Waals surface area (Å²) in [5.74, 6) is -4.13. The molecule has 0 N–H and O–H groups in total. The Balaban J connectivity index is 2.16. The van der Waals surface area contributed by atoms with Crippen molar-refractivity contribution in [2.24, 2.45) is 0 Å². The highest BCUT2D eigenvalue weighted by Crippen LogP contribution is 2.55. The maximum Gasteiger partial charge on any atom is 0.357 e. The smallest absolute Gasteiger partial charge is 0.357 e. The van der Waals surface area contributed by atoms with Crippen molar-refractivity contribution in [2.75, 3.05) is 0 Å². The Morgan fingerprint density at radius 1 is 1.44 bits per heavy atom. The zero-order valence-corrected chi connectivity index (χ0v) is 10.5. The molecule has 1 fully saturated rings. The lowest BCUT2D eigenvalue weighted by Gasteiger charge is -2.19. The number of halogens is 2. The van der Waals surface area contributed by atoms with Gasteiger partial charge in [0.2, 0.25) is 0 Å². The first-order valence-corrected chi connectivity index (χ1v) is 5.77. The van der Waals surface area contributed by atoms with E-state index in [2.05, 4.69) is 4.98 Å². The van der Waals surface area contributed by atoms with Crippen LogP contribution in [0.3, 0.4) is 0 Å². The summed E-state index contributed by atoms with van der Waals surface area (Å²) in [5, 5.41) is 0. The number of carbonyl (C=O) groups excluding carboxylic acids is 1. The van der Waals surface area contributed by atoms with Crippen LogP contribution in [0.25, 0.3) is 0 Å². The van der Waals surface area contributed by atoms with Crippen LogP contribution >= 0.6 is 0 Å². The molecule has 0 amide bonds. The highest BCUT2D eigenvalue weighted by molar-refractivity contribution is 5.87. The third-order valence-corrected chi connectivity index (χ3v) is 2.56. The van der Waals surface area contributed by atoms with Crippen molar-refractivity contribution in [2.45, 2.75) is 44.6 Å². The van der Waals surface area contributed by atoms with Crippen LogP contribution in [0.2, 0.25) is 0 Å². The van der Waals surface area contributed by atoms with Gasteiger partial charge in [0.15, 0.2) is 0 Å². The van der Waals surface area contributed by atoms with Crippen molar-refractivity contribution in [1.82, 2.24) is 4.98 Å². The quantitative estimate of drug-likeness (QED) is 0.762. The number of carbonyl (C=O) groups is 1. The highest BCUT2D eigenvalue weighted by atomic mass is 19.3. The normalized spacial score (nSPS) is 21.5.